The second kappa shape index (κ2) is 4.77. The molecule has 0 bridgehead atoms. The molecule has 0 aliphatic carbocycles. The topological polar surface area (TPSA) is 55.8 Å². The number of ether oxygens (including phenoxy) is 2. The molecular weight excluding hydrogens is 196 g/mol. The molecule has 86 valence electrons. The zero-order valence-corrected chi connectivity index (χ0v) is 9.23. The van der Waals surface area contributed by atoms with Crippen LogP contribution in [0.2, 0.25) is 0 Å². The standard InChI is InChI=1S/C11H18O4/c1-4-10(13)15-11(2,3)9-6-5-8(7-12)14-9/h4,8-9,12H,1,5-7H2,2-3H3/t8-,9?/m1/s1. The molecule has 0 radical (unpaired) electrons. The average Bonchev–Trinajstić information content (AvgIpc) is 2.65. The van der Waals surface area contributed by atoms with Crippen LogP contribution in [0.1, 0.15) is 26.7 Å². The molecule has 1 rings (SSSR count). The van der Waals surface area contributed by atoms with Crippen molar-refractivity contribution < 1.29 is 19.4 Å². The lowest BCUT2D eigenvalue weighted by Gasteiger charge is -2.30. The summed E-state index contributed by atoms with van der Waals surface area (Å²) in [6.45, 7) is 6.97. The predicted molar refractivity (Wildman–Crippen MR) is 55.3 cm³/mol. The number of hydrogen-bond donors (Lipinski definition) is 1. The molecule has 0 aromatic rings. The summed E-state index contributed by atoms with van der Waals surface area (Å²) in [5.41, 5.74) is -0.671. The molecule has 15 heavy (non-hydrogen) atoms. The van der Waals surface area contributed by atoms with Gasteiger partial charge in [-0.1, -0.05) is 6.58 Å². The van der Waals surface area contributed by atoms with E-state index in [-0.39, 0.29) is 18.8 Å². The summed E-state index contributed by atoms with van der Waals surface area (Å²) >= 11 is 0. The SMILES string of the molecule is C=CC(=O)OC(C)(C)C1CC[C@H](CO)O1. The van der Waals surface area contributed by atoms with Crippen LogP contribution < -0.4 is 0 Å². The van der Waals surface area contributed by atoms with Crippen molar-refractivity contribution in [2.24, 2.45) is 0 Å². The molecule has 0 aromatic carbocycles. The highest BCUT2D eigenvalue weighted by atomic mass is 16.6. The van der Waals surface area contributed by atoms with Crippen molar-refractivity contribution in [3.8, 4) is 0 Å². The van der Waals surface area contributed by atoms with E-state index in [1.54, 1.807) is 13.8 Å². The number of carbonyl (C=O) groups is 1. The van der Waals surface area contributed by atoms with E-state index < -0.39 is 11.6 Å². The normalized spacial score (nSPS) is 26.3. The maximum atomic E-state index is 11.1. The van der Waals surface area contributed by atoms with E-state index in [1.165, 1.54) is 0 Å². The first-order valence-corrected chi connectivity index (χ1v) is 5.11. The van der Waals surface area contributed by atoms with Crippen LogP contribution in [0.5, 0.6) is 0 Å². The number of aliphatic hydroxyl groups is 1. The molecule has 1 heterocycles. The molecule has 1 aliphatic rings. The Morgan fingerprint density at radius 1 is 1.67 bits per heavy atom. The Bertz CT molecular complexity index is 247. The van der Waals surface area contributed by atoms with E-state index in [9.17, 15) is 4.79 Å². The first-order valence-electron chi connectivity index (χ1n) is 5.11. The lowest BCUT2D eigenvalue weighted by Crippen LogP contribution is -2.40. The van der Waals surface area contributed by atoms with Crippen molar-refractivity contribution in [1.82, 2.24) is 0 Å². The fraction of sp³-hybridized carbons (Fsp3) is 0.727. The fourth-order valence-corrected chi connectivity index (χ4v) is 1.72. The van der Waals surface area contributed by atoms with Gasteiger partial charge >= 0.3 is 5.97 Å². The summed E-state index contributed by atoms with van der Waals surface area (Å²) in [7, 11) is 0. The quantitative estimate of drug-likeness (QED) is 0.561. The van der Waals surface area contributed by atoms with Gasteiger partial charge in [0.15, 0.2) is 0 Å². The molecule has 1 aliphatic heterocycles. The Hall–Kier alpha value is -0.870. The smallest absolute Gasteiger partial charge is 0.330 e. The molecule has 0 saturated carbocycles. The lowest BCUT2D eigenvalue weighted by atomic mass is 9.98. The first kappa shape index (κ1) is 12.2. The molecule has 0 spiro atoms. The number of esters is 1. The first-order chi connectivity index (χ1) is 6.99. The highest BCUT2D eigenvalue weighted by Gasteiger charge is 2.39. The fourth-order valence-electron chi connectivity index (χ4n) is 1.72. The summed E-state index contributed by atoms with van der Waals surface area (Å²) in [6, 6.07) is 0. The van der Waals surface area contributed by atoms with Crippen molar-refractivity contribution in [3.05, 3.63) is 12.7 Å². The lowest BCUT2D eigenvalue weighted by molar-refractivity contribution is -0.166. The van der Waals surface area contributed by atoms with E-state index in [0.717, 1.165) is 18.9 Å². The summed E-state index contributed by atoms with van der Waals surface area (Å²) in [6.07, 6.45) is 2.45. The van der Waals surface area contributed by atoms with E-state index in [0.29, 0.717) is 0 Å². The highest BCUT2D eigenvalue weighted by Crippen LogP contribution is 2.30. The van der Waals surface area contributed by atoms with Crippen LogP contribution in [0, 0.1) is 0 Å². The van der Waals surface area contributed by atoms with Gasteiger partial charge in [-0.05, 0) is 26.7 Å². The summed E-state index contributed by atoms with van der Waals surface area (Å²) < 4.78 is 10.8. The minimum atomic E-state index is -0.671. The average molecular weight is 214 g/mol. The molecule has 1 fully saturated rings. The van der Waals surface area contributed by atoms with E-state index in [1.807, 2.05) is 0 Å². The van der Waals surface area contributed by atoms with Crippen LogP contribution in [-0.2, 0) is 14.3 Å². The van der Waals surface area contributed by atoms with Crippen LogP contribution in [0.15, 0.2) is 12.7 Å². The summed E-state index contributed by atoms with van der Waals surface area (Å²) in [4.78, 5) is 11.1. The summed E-state index contributed by atoms with van der Waals surface area (Å²) in [5.74, 6) is -0.448. The molecule has 1 unspecified atom stereocenters. The Balaban J connectivity index is 2.54. The Morgan fingerprint density at radius 2 is 2.33 bits per heavy atom. The van der Waals surface area contributed by atoms with Crippen LogP contribution in [0.4, 0.5) is 0 Å². The van der Waals surface area contributed by atoms with Gasteiger partial charge in [-0.3, -0.25) is 0 Å². The van der Waals surface area contributed by atoms with Crippen LogP contribution in [-0.4, -0.2) is 35.5 Å². The number of hydrogen-bond acceptors (Lipinski definition) is 4. The Kier molecular flexibility index (Phi) is 3.88. The van der Waals surface area contributed by atoms with Gasteiger partial charge in [0.1, 0.15) is 5.60 Å². The van der Waals surface area contributed by atoms with Crippen LogP contribution >= 0.6 is 0 Å². The van der Waals surface area contributed by atoms with Crippen molar-refractivity contribution in [1.29, 1.82) is 0 Å². The van der Waals surface area contributed by atoms with Gasteiger partial charge in [0.05, 0.1) is 18.8 Å². The van der Waals surface area contributed by atoms with Gasteiger partial charge in [-0.15, -0.1) is 0 Å². The zero-order chi connectivity index (χ0) is 11.5. The van der Waals surface area contributed by atoms with E-state index in [4.69, 9.17) is 14.6 Å². The molecule has 0 amide bonds. The van der Waals surface area contributed by atoms with E-state index in [2.05, 4.69) is 6.58 Å². The maximum Gasteiger partial charge on any atom is 0.330 e. The molecular formula is C11H18O4. The van der Waals surface area contributed by atoms with Gasteiger partial charge in [0.25, 0.3) is 0 Å². The van der Waals surface area contributed by atoms with Gasteiger partial charge < -0.3 is 14.6 Å². The minimum Gasteiger partial charge on any atom is -0.454 e. The number of carbonyl (C=O) groups excluding carboxylic acids is 1. The third kappa shape index (κ3) is 3.04. The van der Waals surface area contributed by atoms with Crippen molar-refractivity contribution in [2.75, 3.05) is 6.61 Å². The third-order valence-electron chi connectivity index (χ3n) is 2.62. The largest absolute Gasteiger partial charge is 0.454 e. The molecule has 2 atom stereocenters. The maximum absolute atomic E-state index is 11.1. The molecule has 1 saturated heterocycles. The molecule has 4 nitrogen and oxygen atoms in total. The van der Waals surface area contributed by atoms with E-state index >= 15 is 0 Å². The number of rotatable bonds is 4. The predicted octanol–water partition coefficient (Wildman–Crippen LogP) is 1.03. The van der Waals surface area contributed by atoms with Gasteiger partial charge in [0, 0.05) is 6.08 Å². The molecule has 0 aromatic heterocycles. The zero-order valence-electron chi connectivity index (χ0n) is 9.23. The third-order valence-corrected chi connectivity index (χ3v) is 2.62. The minimum absolute atomic E-state index is 0.0159. The Labute approximate surface area is 89.9 Å². The monoisotopic (exact) mass is 214 g/mol. The Morgan fingerprint density at radius 3 is 2.80 bits per heavy atom. The molecule has 4 heteroatoms. The second-order valence-corrected chi connectivity index (χ2v) is 4.24. The second-order valence-electron chi connectivity index (χ2n) is 4.24. The van der Waals surface area contributed by atoms with Gasteiger partial charge in [-0.25, -0.2) is 4.79 Å². The van der Waals surface area contributed by atoms with Gasteiger partial charge in [0.2, 0.25) is 0 Å². The van der Waals surface area contributed by atoms with Crippen molar-refractivity contribution in [2.45, 2.75) is 44.5 Å². The summed E-state index contributed by atoms with van der Waals surface area (Å²) in [5, 5.41) is 8.93. The van der Waals surface area contributed by atoms with Crippen molar-refractivity contribution >= 4 is 5.97 Å². The highest BCUT2D eigenvalue weighted by molar-refractivity contribution is 5.81. The number of aliphatic hydroxyl groups excluding tert-OH is 1. The van der Waals surface area contributed by atoms with Crippen LogP contribution in [0.3, 0.4) is 0 Å². The van der Waals surface area contributed by atoms with Gasteiger partial charge in [-0.2, -0.15) is 0 Å². The van der Waals surface area contributed by atoms with Crippen LogP contribution in [0.25, 0.3) is 0 Å². The van der Waals surface area contributed by atoms with Crippen molar-refractivity contribution in [3.63, 3.8) is 0 Å². The molecule has 1 N–H and O–H groups in total.